The molecule has 0 bridgehead atoms. The number of carbonyl (C=O) groups is 3. The van der Waals surface area contributed by atoms with Gasteiger partial charge in [0.1, 0.15) is 0 Å². The third-order valence-corrected chi connectivity index (χ3v) is 2.48. The van der Waals surface area contributed by atoms with Crippen LogP contribution in [-0.2, 0) is 28.6 Å². The zero-order chi connectivity index (χ0) is 15.8. The van der Waals surface area contributed by atoms with Crippen molar-refractivity contribution in [1.82, 2.24) is 0 Å². The van der Waals surface area contributed by atoms with Gasteiger partial charge in [0.05, 0.1) is 20.1 Å². The van der Waals surface area contributed by atoms with Gasteiger partial charge in [-0.25, -0.2) is 4.79 Å². The van der Waals surface area contributed by atoms with E-state index >= 15 is 0 Å². The van der Waals surface area contributed by atoms with Gasteiger partial charge in [0, 0.05) is 18.3 Å². The summed E-state index contributed by atoms with van der Waals surface area (Å²) in [6.07, 6.45) is -0.857. The first-order chi connectivity index (χ1) is 9.30. The van der Waals surface area contributed by atoms with E-state index in [1.54, 1.807) is 6.92 Å². The summed E-state index contributed by atoms with van der Waals surface area (Å²) in [5.41, 5.74) is -2.31. The molecule has 1 atom stereocenters. The highest BCUT2D eigenvalue weighted by Crippen LogP contribution is 2.21. The van der Waals surface area contributed by atoms with E-state index in [9.17, 15) is 24.5 Å². The number of rotatable bonds is 8. The van der Waals surface area contributed by atoms with Gasteiger partial charge >= 0.3 is 23.4 Å². The average molecular weight is 291 g/mol. The largest absolute Gasteiger partial charge is 0.466 e. The molecule has 0 aliphatic rings. The molecule has 20 heavy (non-hydrogen) atoms. The number of esters is 3. The molecule has 0 saturated heterocycles. The van der Waals surface area contributed by atoms with Crippen LogP contribution in [-0.4, -0.2) is 48.7 Å². The average Bonchev–Trinajstić information content (AvgIpc) is 2.38. The van der Waals surface area contributed by atoms with Crippen LogP contribution in [0.1, 0.15) is 26.7 Å². The summed E-state index contributed by atoms with van der Waals surface area (Å²) in [7, 11) is 0.971. The molecule has 0 N–H and O–H groups in total. The second kappa shape index (κ2) is 8.08. The number of ether oxygens (including phenoxy) is 3. The number of hydrogen-bond acceptors (Lipinski definition) is 8. The van der Waals surface area contributed by atoms with Crippen LogP contribution in [0.2, 0.25) is 0 Å². The highest BCUT2D eigenvalue weighted by atomic mass is 16.6. The van der Waals surface area contributed by atoms with E-state index in [2.05, 4.69) is 14.2 Å². The highest BCUT2D eigenvalue weighted by molar-refractivity contribution is 5.81. The molecule has 114 valence electrons. The summed E-state index contributed by atoms with van der Waals surface area (Å²) in [5.74, 6) is -2.66. The van der Waals surface area contributed by atoms with E-state index in [0.717, 1.165) is 14.0 Å². The topological polar surface area (TPSA) is 122 Å². The van der Waals surface area contributed by atoms with E-state index in [1.807, 2.05) is 0 Å². The van der Waals surface area contributed by atoms with Gasteiger partial charge in [-0.1, -0.05) is 0 Å². The lowest BCUT2D eigenvalue weighted by Crippen LogP contribution is -2.51. The minimum absolute atomic E-state index is 0.118. The lowest BCUT2D eigenvalue weighted by atomic mass is 9.95. The van der Waals surface area contributed by atoms with Crippen molar-refractivity contribution in [1.29, 1.82) is 0 Å². The number of methoxy groups -OCH3 is 1. The Morgan fingerprint density at radius 3 is 2.25 bits per heavy atom. The van der Waals surface area contributed by atoms with Crippen LogP contribution in [0.4, 0.5) is 0 Å². The number of nitro groups is 1. The Hall–Kier alpha value is -2.19. The first-order valence-electron chi connectivity index (χ1n) is 5.82. The van der Waals surface area contributed by atoms with Gasteiger partial charge < -0.3 is 14.2 Å². The van der Waals surface area contributed by atoms with Crippen LogP contribution >= 0.6 is 0 Å². The van der Waals surface area contributed by atoms with Crippen molar-refractivity contribution >= 4 is 17.9 Å². The maximum atomic E-state index is 11.7. The first kappa shape index (κ1) is 17.8. The zero-order valence-electron chi connectivity index (χ0n) is 11.5. The Kier molecular flexibility index (Phi) is 7.19. The molecule has 0 amide bonds. The summed E-state index contributed by atoms with van der Waals surface area (Å²) in [6, 6.07) is 0. The van der Waals surface area contributed by atoms with E-state index in [1.165, 1.54) is 0 Å². The molecule has 9 nitrogen and oxygen atoms in total. The lowest BCUT2D eigenvalue weighted by molar-refractivity contribution is -0.559. The molecule has 0 aromatic heterocycles. The standard InChI is InChI=1S/C11H17NO8/c1-4-19-9(14)5-6-11(12(16)17,10(15)18-3)7-20-8(2)13/h4-7H2,1-3H3. The molecule has 0 spiro atoms. The monoisotopic (exact) mass is 291 g/mol. The molecule has 0 rings (SSSR count). The SMILES string of the molecule is CCOC(=O)CCC(COC(C)=O)(C(=O)OC)[N+](=O)[O-]. The van der Waals surface area contributed by atoms with E-state index < -0.39 is 41.4 Å². The second-order valence-electron chi connectivity index (χ2n) is 3.87. The summed E-state index contributed by atoms with van der Waals surface area (Å²) < 4.78 is 13.6. The van der Waals surface area contributed by atoms with Gasteiger partial charge in [0.15, 0.2) is 6.61 Å². The quantitative estimate of drug-likeness (QED) is 0.267. The van der Waals surface area contributed by atoms with Crippen LogP contribution in [0.3, 0.4) is 0 Å². The van der Waals surface area contributed by atoms with Gasteiger partial charge in [0.2, 0.25) is 0 Å². The molecule has 0 saturated carbocycles. The lowest BCUT2D eigenvalue weighted by Gasteiger charge is -2.21. The molecule has 1 unspecified atom stereocenters. The summed E-state index contributed by atoms with van der Waals surface area (Å²) in [6.45, 7) is 1.94. The Morgan fingerprint density at radius 1 is 1.25 bits per heavy atom. The third kappa shape index (κ3) is 4.82. The molecule has 0 aliphatic carbocycles. The van der Waals surface area contributed by atoms with Crippen molar-refractivity contribution in [3.63, 3.8) is 0 Å². The Morgan fingerprint density at radius 2 is 1.85 bits per heavy atom. The predicted octanol–water partition coefficient (Wildman–Crippen LogP) is 0.0813. The third-order valence-electron chi connectivity index (χ3n) is 2.48. The van der Waals surface area contributed by atoms with Gasteiger partial charge in [-0.2, -0.15) is 0 Å². The predicted molar refractivity (Wildman–Crippen MR) is 64.2 cm³/mol. The van der Waals surface area contributed by atoms with Crippen LogP contribution < -0.4 is 0 Å². The zero-order valence-corrected chi connectivity index (χ0v) is 11.5. The van der Waals surface area contributed by atoms with Crippen molar-refractivity contribution < 1.29 is 33.5 Å². The second-order valence-corrected chi connectivity index (χ2v) is 3.87. The van der Waals surface area contributed by atoms with Crippen molar-refractivity contribution in [2.45, 2.75) is 32.2 Å². The van der Waals surface area contributed by atoms with E-state index in [4.69, 9.17) is 0 Å². The minimum Gasteiger partial charge on any atom is -0.466 e. The van der Waals surface area contributed by atoms with Gasteiger partial charge in [-0.05, 0) is 6.92 Å². The van der Waals surface area contributed by atoms with Crippen LogP contribution in [0.5, 0.6) is 0 Å². The molecular weight excluding hydrogens is 274 g/mol. The molecule has 9 heteroatoms. The van der Waals surface area contributed by atoms with Gasteiger partial charge in [-0.15, -0.1) is 0 Å². The fraction of sp³-hybridized carbons (Fsp3) is 0.727. The Bertz CT molecular complexity index is 394. The first-order valence-corrected chi connectivity index (χ1v) is 5.82. The van der Waals surface area contributed by atoms with Gasteiger partial charge in [-0.3, -0.25) is 19.7 Å². The summed E-state index contributed by atoms with van der Waals surface area (Å²) in [5, 5.41) is 11.2. The van der Waals surface area contributed by atoms with Crippen molar-refractivity contribution in [2.24, 2.45) is 0 Å². The maximum Gasteiger partial charge on any atom is 0.388 e. The van der Waals surface area contributed by atoms with E-state index in [0.29, 0.717) is 0 Å². The number of carbonyl (C=O) groups excluding carboxylic acids is 3. The van der Waals surface area contributed by atoms with Crippen LogP contribution in [0.25, 0.3) is 0 Å². The number of nitrogens with zero attached hydrogens (tertiary/aromatic N) is 1. The maximum absolute atomic E-state index is 11.7. The molecule has 0 aromatic carbocycles. The minimum atomic E-state index is -2.31. The molecule has 0 radical (unpaired) electrons. The molecule has 0 fully saturated rings. The van der Waals surface area contributed by atoms with Crippen molar-refractivity contribution in [2.75, 3.05) is 20.3 Å². The van der Waals surface area contributed by atoms with Gasteiger partial charge in [0.25, 0.3) is 0 Å². The molecule has 0 aromatic rings. The summed E-state index contributed by atoms with van der Waals surface area (Å²) >= 11 is 0. The Labute approximate surface area is 115 Å². The molecular formula is C11H17NO8. The van der Waals surface area contributed by atoms with Crippen molar-refractivity contribution in [3.05, 3.63) is 10.1 Å². The van der Waals surface area contributed by atoms with E-state index in [-0.39, 0.29) is 13.0 Å². The Balaban J connectivity index is 5.08. The summed E-state index contributed by atoms with van der Waals surface area (Å²) in [4.78, 5) is 43.9. The normalized spacial score (nSPS) is 12.9. The number of hydrogen-bond donors (Lipinski definition) is 0. The van der Waals surface area contributed by atoms with Crippen molar-refractivity contribution in [3.8, 4) is 0 Å². The molecule has 0 heterocycles. The van der Waals surface area contributed by atoms with Crippen LogP contribution in [0, 0.1) is 10.1 Å². The fourth-order valence-corrected chi connectivity index (χ4v) is 1.40. The smallest absolute Gasteiger partial charge is 0.388 e. The fourth-order valence-electron chi connectivity index (χ4n) is 1.40. The van der Waals surface area contributed by atoms with Crippen LogP contribution in [0.15, 0.2) is 0 Å². The molecule has 0 aliphatic heterocycles. The highest BCUT2D eigenvalue weighted by Gasteiger charge is 2.54.